The van der Waals surface area contributed by atoms with E-state index in [0.29, 0.717) is 24.6 Å². The highest BCUT2D eigenvalue weighted by Crippen LogP contribution is 2.27. The van der Waals surface area contributed by atoms with Gasteiger partial charge in [-0.1, -0.05) is 0 Å². The molecule has 118 valence electrons. The molecule has 21 heavy (non-hydrogen) atoms. The molecule has 0 aliphatic heterocycles. The number of methoxy groups -OCH3 is 1. The third kappa shape index (κ3) is 4.26. The van der Waals surface area contributed by atoms with Crippen LogP contribution >= 0.6 is 11.3 Å². The van der Waals surface area contributed by atoms with Gasteiger partial charge < -0.3 is 10.1 Å². The number of aryl methyl sites for hydroxylation is 1. The van der Waals surface area contributed by atoms with Gasteiger partial charge in [0, 0.05) is 12.6 Å². The van der Waals surface area contributed by atoms with E-state index in [-0.39, 0.29) is 9.77 Å². The highest BCUT2D eigenvalue weighted by molar-refractivity contribution is 7.89. The van der Waals surface area contributed by atoms with E-state index in [9.17, 15) is 13.2 Å². The van der Waals surface area contributed by atoms with Gasteiger partial charge in [-0.15, -0.1) is 11.3 Å². The van der Waals surface area contributed by atoms with Crippen molar-refractivity contribution in [2.24, 2.45) is 0 Å². The minimum Gasteiger partial charge on any atom is -0.465 e. The maximum Gasteiger partial charge on any atom is 0.349 e. The molecule has 1 aliphatic rings. The standard InChI is InChI=1S/C13H20N2O4S2/c1-9-8-20-11(13(16)19-2)12(9)21(17,18)15-7-3-6-14-10-4-5-10/h8,10,14-15H,3-7H2,1-2H3. The molecular weight excluding hydrogens is 312 g/mol. The Hall–Kier alpha value is -0.960. The Balaban J connectivity index is 1.97. The van der Waals surface area contributed by atoms with Crippen LogP contribution in [0, 0.1) is 6.92 Å². The summed E-state index contributed by atoms with van der Waals surface area (Å²) in [5.74, 6) is -0.621. The van der Waals surface area contributed by atoms with E-state index in [2.05, 4.69) is 14.8 Å². The van der Waals surface area contributed by atoms with E-state index in [1.54, 1.807) is 12.3 Å². The number of ether oxygens (including phenoxy) is 1. The summed E-state index contributed by atoms with van der Waals surface area (Å²) in [6.07, 6.45) is 3.14. The zero-order chi connectivity index (χ0) is 15.5. The number of nitrogens with one attached hydrogen (secondary N) is 2. The molecule has 2 rings (SSSR count). The van der Waals surface area contributed by atoms with Crippen molar-refractivity contribution in [3.8, 4) is 0 Å². The number of carbonyl (C=O) groups excluding carboxylic acids is 1. The molecule has 0 aromatic carbocycles. The summed E-state index contributed by atoms with van der Waals surface area (Å²) in [5.41, 5.74) is 0.559. The molecule has 0 atom stereocenters. The van der Waals surface area contributed by atoms with Crippen LogP contribution in [0.2, 0.25) is 0 Å². The normalized spacial score (nSPS) is 15.1. The molecule has 0 bridgehead atoms. The molecule has 2 N–H and O–H groups in total. The number of hydrogen-bond donors (Lipinski definition) is 2. The van der Waals surface area contributed by atoms with Crippen LogP contribution in [-0.4, -0.2) is 40.6 Å². The summed E-state index contributed by atoms with van der Waals surface area (Å²) in [6.45, 7) is 2.81. The summed E-state index contributed by atoms with van der Waals surface area (Å²) < 4.78 is 31.8. The predicted molar refractivity (Wildman–Crippen MR) is 81.2 cm³/mol. The first-order chi connectivity index (χ1) is 9.95. The van der Waals surface area contributed by atoms with E-state index in [4.69, 9.17) is 0 Å². The SMILES string of the molecule is COC(=O)c1scc(C)c1S(=O)(=O)NCCCNC1CC1. The Morgan fingerprint density at radius 1 is 1.43 bits per heavy atom. The zero-order valence-electron chi connectivity index (χ0n) is 12.1. The van der Waals surface area contributed by atoms with Gasteiger partial charge in [0.05, 0.1) is 7.11 Å². The first-order valence-corrected chi connectivity index (χ1v) is 9.21. The highest BCUT2D eigenvalue weighted by atomic mass is 32.2. The molecule has 1 fully saturated rings. The van der Waals surface area contributed by atoms with E-state index in [1.807, 2.05) is 0 Å². The van der Waals surface area contributed by atoms with Gasteiger partial charge in [0.1, 0.15) is 9.77 Å². The van der Waals surface area contributed by atoms with Crippen molar-refractivity contribution in [1.29, 1.82) is 0 Å². The minimum atomic E-state index is -3.69. The molecule has 1 aromatic heterocycles. The first-order valence-electron chi connectivity index (χ1n) is 6.85. The van der Waals surface area contributed by atoms with Crippen molar-refractivity contribution in [3.63, 3.8) is 0 Å². The number of hydrogen-bond acceptors (Lipinski definition) is 6. The summed E-state index contributed by atoms with van der Waals surface area (Å²) in [5, 5.41) is 4.97. The third-order valence-electron chi connectivity index (χ3n) is 3.21. The molecule has 1 saturated carbocycles. The van der Waals surface area contributed by atoms with Crippen molar-refractivity contribution in [3.05, 3.63) is 15.8 Å². The quantitative estimate of drug-likeness (QED) is 0.553. The smallest absolute Gasteiger partial charge is 0.349 e. The highest BCUT2D eigenvalue weighted by Gasteiger charge is 2.27. The van der Waals surface area contributed by atoms with Crippen LogP contribution in [0.3, 0.4) is 0 Å². The van der Waals surface area contributed by atoms with Gasteiger partial charge in [0.25, 0.3) is 0 Å². The third-order valence-corrected chi connectivity index (χ3v) is 6.07. The van der Waals surface area contributed by atoms with Gasteiger partial charge in [0.2, 0.25) is 10.0 Å². The first kappa shape index (κ1) is 16.4. The molecule has 0 radical (unpaired) electrons. The van der Waals surface area contributed by atoms with E-state index < -0.39 is 16.0 Å². The Bertz CT molecular complexity index is 606. The Morgan fingerprint density at radius 2 is 2.14 bits per heavy atom. The molecule has 0 amide bonds. The van der Waals surface area contributed by atoms with Crippen LogP contribution in [0.4, 0.5) is 0 Å². The lowest BCUT2D eigenvalue weighted by Crippen LogP contribution is -2.29. The molecule has 0 unspecified atom stereocenters. The Morgan fingerprint density at radius 3 is 2.76 bits per heavy atom. The lowest BCUT2D eigenvalue weighted by Gasteiger charge is -2.08. The van der Waals surface area contributed by atoms with Gasteiger partial charge in [-0.2, -0.15) is 0 Å². The van der Waals surface area contributed by atoms with Crippen LogP contribution in [0.1, 0.15) is 34.5 Å². The van der Waals surface area contributed by atoms with Crippen LogP contribution in [0.5, 0.6) is 0 Å². The van der Waals surface area contributed by atoms with Crippen molar-refractivity contribution in [2.45, 2.75) is 37.1 Å². The molecule has 0 saturated heterocycles. The van der Waals surface area contributed by atoms with Crippen LogP contribution < -0.4 is 10.0 Å². The maximum absolute atomic E-state index is 12.3. The largest absolute Gasteiger partial charge is 0.465 e. The second kappa shape index (κ2) is 6.87. The number of carbonyl (C=O) groups is 1. The predicted octanol–water partition coefficient (Wildman–Crippen LogP) is 1.26. The summed E-state index contributed by atoms with van der Waals surface area (Å²) >= 11 is 1.09. The van der Waals surface area contributed by atoms with Gasteiger partial charge in [-0.05, 0) is 43.7 Å². The van der Waals surface area contributed by atoms with Gasteiger partial charge in [0.15, 0.2) is 0 Å². The fraction of sp³-hybridized carbons (Fsp3) is 0.615. The van der Waals surface area contributed by atoms with Crippen molar-refractivity contribution in [2.75, 3.05) is 20.2 Å². The van der Waals surface area contributed by atoms with Gasteiger partial charge in [-0.25, -0.2) is 17.9 Å². The minimum absolute atomic E-state index is 0.0366. The molecular formula is C13H20N2O4S2. The van der Waals surface area contributed by atoms with E-state index in [0.717, 1.165) is 17.9 Å². The molecule has 1 heterocycles. The molecule has 0 spiro atoms. The number of rotatable bonds is 8. The second-order valence-electron chi connectivity index (χ2n) is 5.05. The number of esters is 1. The maximum atomic E-state index is 12.3. The van der Waals surface area contributed by atoms with Crippen LogP contribution in [0.15, 0.2) is 10.3 Å². The average Bonchev–Trinajstić information content (AvgIpc) is 3.17. The van der Waals surface area contributed by atoms with Crippen molar-refractivity contribution in [1.82, 2.24) is 10.0 Å². The van der Waals surface area contributed by atoms with Crippen molar-refractivity contribution < 1.29 is 17.9 Å². The van der Waals surface area contributed by atoms with Crippen LogP contribution in [-0.2, 0) is 14.8 Å². The van der Waals surface area contributed by atoms with E-state index in [1.165, 1.54) is 20.0 Å². The average molecular weight is 332 g/mol. The topological polar surface area (TPSA) is 84.5 Å². The number of sulfonamides is 1. The summed E-state index contributed by atoms with van der Waals surface area (Å²) in [7, 11) is -2.45. The fourth-order valence-electron chi connectivity index (χ4n) is 1.96. The lowest BCUT2D eigenvalue weighted by atomic mass is 10.3. The number of thiophene rings is 1. The zero-order valence-corrected chi connectivity index (χ0v) is 13.8. The molecule has 1 aliphatic carbocycles. The lowest BCUT2D eigenvalue weighted by molar-refractivity contribution is 0.0602. The Labute approximate surface area is 128 Å². The van der Waals surface area contributed by atoms with E-state index >= 15 is 0 Å². The molecule has 6 nitrogen and oxygen atoms in total. The van der Waals surface area contributed by atoms with Crippen LogP contribution in [0.25, 0.3) is 0 Å². The van der Waals surface area contributed by atoms with Gasteiger partial charge in [-0.3, -0.25) is 0 Å². The summed E-state index contributed by atoms with van der Waals surface area (Å²) in [6, 6.07) is 0.617. The second-order valence-corrected chi connectivity index (χ2v) is 7.63. The summed E-state index contributed by atoms with van der Waals surface area (Å²) in [4.78, 5) is 11.8. The molecule has 1 aromatic rings. The van der Waals surface area contributed by atoms with Gasteiger partial charge >= 0.3 is 5.97 Å². The van der Waals surface area contributed by atoms with Crippen molar-refractivity contribution >= 4 is 27.3 Å². The monoisotopic (exact) mass is 332 g/mol. The fourth-order valence-corrected chi connectivity index (χ4v) is 4.74. The Kier molecular flexibility index (Phi) is 5.37. The molecule has 8 heteroatoms.